The van der Waals surface area contributed by atoms with Crippen molar-refractivity contribution < 1.29 is 16.2 Å². The van der Waals surface area contributed by atoms with Gasteiger partial charge in [-0.25, -0.2) is 0 Å². The Morgan fingerprint density at radius 1 is 0.800 bits per heavy atom. The molecule has 0 aliphatic rings. The van der Waals surface area contributed by atoms with Crippen molar-refractivity contribution in [1.82, 2.24) is 9.13 Å². The van der Waals surface area contributed by atoms with Crippen molar-refractivity contribution in [2.45, 2.75) is 0 Å². The fourth-order valence-electron chi connectivity index (χ4n) is 1.25. The zero-order chi connectivity index (χ0) is 10.7. The predicted octanol–water partition coefficient (Wildman–Crippen LogP) is 2.21. The van der Waals surface area contributed by atoms with E-state index in [0.717, 1.165) is 0 Å². The van der Waals surface area contributed by atoms with Crippen molar-refractivity contribution in [2.24, 2.45) is 14.1 Å². The first-order chi connectivity index (χ1) is 7.27. The average Bonchev–Trinajstić information content (AvgIpc) is 2.24. The van der Waals surface area contributed by atoms with Crippen LogP contribution in [0.15, 0.2) is 48.8 Å². The first-order valence-electron chi connectivity index (χ1n) is 4.77. The van der Waals surface area contributed by atoms with Crippen LogP contribution in [0.5, 0.6) is 0 Å². The maximum atomic E-state index is 2.19. The number of pyridine rings is 2. The Balaban J connectivity index is 2.90. The van der Waals surface area contributed by atoms with E-state index in [1.807, 2.05) is 0 Å². The van der Waals surface area contributed by atoms with Gasteiger partial charge in [-0.3, -0.25) is 0 Å². The van der Waals surface area contributed by atoms with Crippen LogP contribution in [-0.4, -0.2) is 9.13 Å². The van der Waals surface area contributed by atoms with E-state index in [0.29, 0.717) is 16.2 Å². The van der Waals surface area contributed by atoms with Gasteiger partial charge in [0.1, 0.15) is 0 Å². The minimum atomic E-state index is 0.295. The molecule has 2 aromatic rings. The molecule has 0 aliphatic carbocycles. The molecule has 2 heterocycles. The molecule has 0 aliphatic heterocycles. The van der Waals surface area contributed by atoms with Crippen LogP contribution in [0.25, 0.3) is 0 Å². The molecular formula is C12H14N2Rh. The van der Waals surface area contributed by atoms with Crippen LogP contribution in [0.3, 0.4) is 0 Å². The Labute approximate surface area is 96.1 Å². The van der Waals surface area contributed by atoms with E-state index in [1.54, 1.807) is 0 Å². The van der Waals surface area contributed by atoms with Crippen LogP contribution in [-0.2, 0) is 30.3 Å². The molecule has 0 atom stereocenters. The Morgan fingerprint density at radius 3 is 1.67 bits per heavy atom. The summed E-state index contributed by atoms with van der Waals surface area (Å²) in [6, 6.07) is 12.7. The molecule has 2 rings (SSSR count). The topological polar surface area (TPSA) is 9.86 Å². The maximum absolute atomic E-state index is 2.19. The average molecular weight is 289 g/mol. The summed E-state index contributed by atoms with van der Waals surface area (Å²) >= 11 is 0.295. The summed E-state index contributed by atoms with van der Waals surface area (Å²) in [6.45, 7) is 0. The van der Waals surface area contributed by atoms with E-state index in [-0.39, 0.29) is 0 Å². The number of rotatable bonds is 0. The molecular weight excluding hydrogens is 275 g/mol. The van der Waals surface area contributed by atoms with Gasteiger partial charge in [0.25, 0.3) is 0 Å². The number of aryl methyl sites for hydroxylation is 2. The molecule has 2 nitrogen and oxygen atoms in total. The summed E-state index contributed by atoms with van der Waals surface area (Å²) < 4.78 is 7.16. The molecule has 2 aromatic heterocycles. The molecule has 15 heavy (non-hydrogen) atoms. The molecule has 0 unspecified atom stereocenters. The van der Waals surface area contributed by atoms with Gasteiger partial charge in [-0.2, -0.15) is 0 Å². The van der Waals surface area contributed by atoms with Crippen molar-refractivity contribution >= 4 is 0 Å². The van der Waals surface area contributed by atoms with Crippen LogP contribution in [0.2, 0.25) is 0 Å². The number of nitrogens with zero attached hydrogens (tertiary/aromatic N) is 2. The molecule has 0 saturated heterocycles. The second-order valence-electron chi connectivity index (χ2n) is 3.31. The molecule has 0 radical (unpaired) electrons. The van der Waals surface area contributed by atoms with Crippen molar-refractivity contribution in [2.75, 3.05) is 0 Å². The van der Waals surface area contributed by atoms with Crippen LogP contribution >= 0.6 is 0 Å². The molecule has 0 aromatic carbocycles. The third kappa shape index (κ3) is 2.48. The summed E-state index contributed by atoms with van der Waals surface area (Å²) in [4.78, 5) is 0. The molecule has 0 fully saturated rings. The predicted molar refractivity (Wildman–Crippen MR) is 57.3 cm³/mol. The first kappa shape index (κ1) is 10.4. The molecule has 0 amide bonds. The summed E-state index contributed by atoms with van der Waals surface area (Å²) in [7, 11) is 4.20. The normalized spacial score (nSPS) is 10.3. The summed E-state index contributed by atoms with van der Waals surface area (Å²) in [6.07, 6.45) is 4.20. The van der Waals surface area contributed by atoms with Gasteiger partial charge in [0.15, 0.2) is 0 Å². The van der Waals surface area contributed by atoms with Crippen LogP contribution < -0.4 is 0 Å². The number of hydrogen-bond donors (Lipinski definition) is 0. The summed E-state index contributed by atoms with van der Waals surface area (Å²) in [5.41, 5.74) is 0. The standard InChI is InChI=1S/2C6H7N.Rh/c2*1-7-5-3-2-4-6-7;/h2*2-5H,1H3;. The van der Waals surface area contributed by atoms with Gasteiger partial charge in [0.05, 0.1) is 0 Å². The van der Waals surface area contributed by atoms with Crippen LogP contribution in [0, 0.1) is 7.76 Å². The van der Waals surface area contributed by atoms with Gasteiger partial charge < -0.3 is 0 Å². The van der Waals surface area contributed by atoms with E-state index in [1.165, 1.54) is 7.76 Å². The third-order valence-electron chi connectivity index (χ3n) is 2.11. The van der Waals surface area contributed by atoms with Gasteiger partial charge in [-0.15, -0.1) is 0 Å². The van der Waals surface area contributed by atoms with Crippen molar-refractivity contribution in [1.29, 1.82) is 0 Å². The SMILES string of the molecule is Cn1cccc[c]1=[Rh]=[c]1ccccn1C. The number of aromatic nitrogens is 2. The van der Waals surface area contributed by atoms with Gasteiger partial charge in [-0.1, -0.05) is 0 Å². The van der Waals surface area contributed by atoms with Gasteiger partial charge in [-0.05, 0) is 0 Å². The Kier molecular flexibility index (Phi) is 3.22. The van der Waals surface area contributed by atoms with E-state index in [2.05, 4.69) is 72.0 Å². The van der Waals surface area contributed by atoms with E-state index in [4.69, 9.17) is 0 Å². The van der Waals surface area contributed by atoms with Crippen molar-refractivity contribution in [3.05, 3.63) is 56.6 Å². The van der Waals surface area contributed by atoms with Gasteiger partial charge in [0.2, 0.25) is 0 Å². The van der Waals surface area contributed by atoms with Crippen molar-refractivity contribution in [3.8, 4) is 0 Å². The zero-order valence-electron chi connectivity index (χ0n) is 8.85. The third-order valence-corrected chi connectivity index (χ3v) is 4.65. The van der Waals surface area contributed by atoms with Gasteiger partial charge >= 0.3 is 96.0 Å². The molecule has 3 heteroatoms. The fourth-order valence-corrected chi connectivity index (χ4v) is 3.09. The second kappa shape index (κ2) is 4.63. The molecule has 0 bridgehead atoms. The summed E-state index contributed by atoms with van der Waals surface area (Å²) in [5.74, 6) is 0. The quantitative estimate of drug-likeness (QED) is 0.658. The van der Waals surface area contributed by atoms with Gasteiger partial charge in [0, 0.05) is 0 Å². The Morgan fingerprint density at radius 2 is 1.27 bits per heavy atom. The van der Waals surface area contributed by atoms with Crippen LogP contribution in [0.4, 0.5) is 0 Å². The second-order valence-corrected chi connectivity index (χ2v) is 5.39. The van der Waals surface area contributed by atoms with E-state index >= 15 is 0 Å². The first-order valence-corrected chi connectivity index (χ1v) is 6.41. The minimum absolute atomic E-state index is 0.295. The molecule has 0 saturated carbocycles. The fraction of sp³-hybridized carbons (Fsp3) is 0.167. The van der Waals surface area contributed by atoms with Crippen LogP contribution in [0.1, 0.15) is 0 Å². The molecule has 0 N–H and O–H groups in total. The van der Waals surface area contributed by atoms with E-state index < -0.39 is 0 Å². The Hall–Kier alpha value is -1.08. The zero-order valence-corrected chi connectivity index (χ0v) is 10.5. The molecule has 81 valence electrons. The number of hydrogen-bond acceptors (Lipinski definition) is 0. The molecule has 0 spiro atoms. The summed E-state index contributed by atoms with van der Waals surface area (Å²) in [5, 5.41) is 0. The monoisotopic (exact) mass is 289 g/mol. The van der Waals surface area contributed by atoms with Crippen molar-refractivity contribution in [3.63, 3.8) is 0 Å². The van der Waals surface area contributed by atoms with E-state index in [9.17, 15) is 0 Å². The Bertz CT molecular complexity index is 550.